The van der Waals surface area contributed by atoms with Crippen molar-refractivity contribution in [3.05, 3.63) is 30.3 Å². The number of benzene rings is 1. The molecule has 2 atom stereocenters. The highest BCUT2D eigenvalue weighted by molar-refractivity contribution is 7.92. The van der Waals surface area contributed by atoms with Crippen molar-refractivity contribution in [2.24, 2.45) is 11.1 Å². The van der Waals surface area contributed by atoms with Gasteiger partial charge in [0.15, 0.2) is 9.84 Å². The van der Waals surface area contributed by atoms with Crippen LogP contribution < -0.4 is 5.73 Å². The van der Waals surface area contributed by atoms with Crippen molar-refractivity contribution in [2.75, 3.05) is 13.2 Å². The summed E-state index contributed by atoms with van der Waals surface area (Å²) in [5, 5.41) is -0.772. The summed E-state index contributed by atoms with van der Waals surface area (Å²) in [5.74, 6) is -0.512. The summed E-state index contributed by atoms with van der Waals surface area (Å²) in [5.41, 5.74) is 4.54. The molecule has 0 bridgehead atoms. The number of esters is 1. The van der Waals surface area contributed by atoms with E-state index in [2.05, 4.69) is 0 Å². The molecular formula is C13H17NO4S. The number of nitrogens with two attached hydrogens (primary N) is 1. The van der Waals surface area contributed by atoms with Gasteiger partial charge in [0.1, 0.15) is 0 Å². The topological polar surface area (TPSA) is 86.5 Å². The highest BCUT2D eigenvalue weighted by atomic mass is 32.2. The normalized spacial score (nSPS) is 25.9. The minimum atomic E-state index is -3.53. The van der Waals surface area contributed by atoms with Crippen molar-refractivity contribution in [1.29, 1.82) is 0 Å². The summed E-state index contributed by atoms with van der Waals surface area (Å²) < 4.78 is 29.8. The summed E-state index contributed by atoms with van der Waals surface area (Å²) in [6.45, 7) is 1.90. The maximum Gasteiger partial charge on any atom is 0.314 e. The van der Waals surface area contributed by atoms with Crippen LogP contribution in [0.3, 0.4) is 0 Å². The van der Waals surface area contributed by atoms with Crippen molar-refractivity contribution < 1.29 is 17.9 Å². The first-order chi connectivity index (χ1) is 8.99. The average Bonchev–Trinajstić information content (AvgIpc) is 3.17. The molecule has 19 heavy (non-hydrogen) atoms. The van der Waals surface area contributed by atoms with Crippen LogP contribution in [0, 0.1) is 5.41 Å². The minimum Gasteiger partial charge on any atom is -0.465 e. The largest absolute Gasteiger partial charge is 0.465 e. The minimum absolute atomic E-state index is 0.0113. The zero-order chi connectivity index (χ0) is 14.1. The number of ether oxygens (including phenoxy) is 1. The summed E-state index contributed by atoms with van der Waals surface area (Å²) in [6, 6.07) is 8.11. The highest BCUT2D eigenvalue weighted by Crippen LogP contribution is 2.52. The summed E-state index contributed by atoms with van der Waals surface area (Å²) in [6.07, 6.45) is 0.236. The Hall–Kier alpha value is -1.40. The van der Waals surface area contributed by atoms with Gasteiger partial charge in [-0.3, -0.25) is 4.79 Å². The first-order valence-electron chi connectivity index (χ1n) is 6.15. The second-order valence-corrected chi connectivity index (χ2v) is 6.76. The zero-order valence-electron chi connectivity index (χ0n) is 10.7. The second kappa shape index (κ2) is 4.94. The lowest BCUT2D eigenvalue weighted by Crippen LogP contribution is -2.33. The molecule has 1 aliphatic rings. The number of rotatable bonds is 5. The van der Waals surface area contributed by atoms with E-state index in [0.29, 0.717) is 0 Å². The summed E-state index contributed by atoms with van der Waals surface area (Å²) in [7, 11) is -3.53. The molecule has 1 fully saturated rings. The summed E-state index contributed by atoms with van der Waals surface area (Å²) >= 11 is 0. The van der Waals surface area contributed by atoms with Gasteiger partial charge in [-0.15, -0.1) is 0 Å². The molecule has 0 amide bonds. The summed E-state index contributed by atoms with van der Waals surface area (Å²) in [4.78, 5) is 12.1. The molecule has 2 N–H and O–H groups in total. The molecule has 0 unspecified atom stereocenters. The van der Waals surface area contributed by atoms with E-state index in [4.69, 9.17) is 10.5 Å². The molecule has 104 valence electrons. The lowest BCUT2D eigenvalue weighted by molar-refractivity contribution is -0.149. The first kappa shape index (κ1) is 14.0. The molecule has 1 aromatic carbocycles. The van der Waals surface area contributed by atoms with Crippen LogP contribution in [-0.2, 0) is 19.4 Å². The molecule has 2 rings (SSSR count). The van der Waals surface area contributed by atoms with Crippen molar-refractivity contribution in [3.63, 3.8) is 0 Å². The Morgan fingerprint density at radius 1 is 1.42 bits per heavy atom. The lowest BCUT2D eigenvalue weighted by atomic mass is 10.1. The third-order valence-electron chi connectivity index (χ3n) is 3.50. The van der Waals surface area contributed by atoms with E-state index in [-0.39, 0.29) is 24.5 Å². The molecule has 1 aliphatic carbocycles. The Bertz CT molecular complexity index is 570. The Morgan fingerprint density at radius 2 is 2.05 bits per heavy atom. The van der Waals surface area contributed by atoms with Crippen LogP contribution in [0.4, 0.5) is 0 Å². The van der Waals surface area contributed by atoms with Gasteiger partial charge >= 0.3 is 5.97 Å². The van der Waals surface area contributed by atoms with E-state index in [1.807, 2.05) is 0 Å². The SMILES string of the molecule is CCOC(=O)[C@]1(CN)C[C@@H]1S(=O)(=O)c1ccccc1. The number of carbonyl (C=O) groups is 1. The van der Waals surface area contributed by atoms with Crippen LogP contribution in [0.5, 0.6) is 0 Å². The molecule has 0 aromatic heterocycles. The van der Waals surface area contributed by atoms with E-state index in [1.165, 1.54) is 12.1 Å². The van der Waals surface area contributed by atoms with E-state index in [0.717, 1.165) is 0 Å². The Labute approximate surface area is 112 Å². The van der Waals surface area contributed by atoms with Crippen LogP contribution in [0.1, 0.15) is 13.3 Å². The van der Waals surface area contributed by atoms with Gasteiger partial charge in [-0.05, 0) is 25.5 Å². The number of carbonyl (C=O) groups excluding carboxylic acids is 1. The van der Waals surface area contributed by atoms with E-state index < -0.39 is 26.5 Å². The Kier molecular flexibility index (Phi) is 3.64. The molecule has 0 radical (unpaired) electrons. The average molecular weight is 283 g/mol. The van der Waals surface area contributed by atoms with Gasteiger partial charge < -0.3 is 10.5 Å². The third kappa shape index (κ3) is 2.26. The number of sulfone groups is 1. The van der Waals surface area contributed by atoms with Crippen molar-refractivity contribution in [2.45, 2.75) is 23.5 Å². The van der Waals surface area contributed by atoms with Crippen LogP contribution in [0.15, 0.2) is 35.2 Å². The van der Waals surface area contributed by atoms with Gasteiger partial charge in [-0.2, -0.15) is 0 Å². The van der Waals surface area contributed by atoms with Crippen LogP contribution in [0.25, 0.3) is 0 Å². The fourth-order valence-corrected chi connectivity index (χ4v) is 4.41. The molecule has 0 heterocycles. The van der Waals surface area contributed by atoms with E-state index >= 15 is 0 Å². The van der Waals surface area contributed by atoms with Gasteiger partial charge in [0.25, 0.3) is 0 Å². The fourth-order valence-electron chi connectivity index (χ4n) is 2.24. The third-order valence-corrected chi connectivity index (χ3v) is 5.79. The maximum atomic E-state index is 12.4. The van der Waals surface area contributed by atoms with Crippen LogP contribution in [0.2, 0.25) is 0 Å². The molecule has 1 aromatic rings. The van der Waals surface area contributed by atoms with Gasteiger partial charge in [0.05, 0.1) is 22.2 Å². The molecule has 0 aliphatic heterocycles. The number of hydrogen-bond acceptors (Lipinski definition) is 5. The lowest BCUT2D eigenvalue weighted by Gasteiger charge is -2.13. The Morgan fingerprint density at radius 3 is 2.58 bits per heavy atom. The van der Waals surface area contributed by atoms with Gasteiger partial charge in [-0.25, -0.2) is 8.42 Å². The van der Waals surface area contributed by atoms with Crippen molar-refractivity contribution in [3.8, 4) is 0 Å². The van der Waals surface area contributed by atoms with Crippen molar-refractivity contribution >= 4 is 15.8 Å². The van der Waals surface area contributed by atoms with Crippen LogP contribution in [-0.4, -0.2) is 32.8 Å². The van der Waals surface area contributed by atoms with Gasteiger partial charge in [-0.1, -0.05) is 18.2 Å². The molecule has 5 nitrogen and oxygen atoms in total. The maximum absolute atomic E-state index is 12.4. The standard InChI is InChI=1S/C13H17NO4S/c1-2-18-12(15)13(9-14)8-11(13)19(16,17)10-6-4-3-5-7-10/h3-7,11H,2,8-9,14H2,1H3/t11-,13-/m0/s1. The quantitative estimate of drug-likeness (QED) is 0.805. The molecule has 1 saturated carbocycles. The van der Waals surface area contributed by atoms with Gasteiger partial charge in [0.2, 0.25) is 0 Å². The predicted octanol–water partition coefficient (Wildman–Crippen LogP) is 0.741. The first-order valence-corrected chi connectivity index (χ1v) is 7.70. The van der Waals surface area contributed by atoms with E-state index in [1.54, 1.807) is 25.1 Å². The smallest absolute Gasteiger partial charge is 0.314 e. The predicted molar refractivity (Wildman–Crippen MR) is 70.2 cm³/mol. The highest BCUT2D eigenvalue weighted by Gasteiger charge is 2.66. The van der Waals surface area contributed by atoms with Crippen LogP contribution >= 0.6 is 0 Å². The number of hydrogen-bond donors (Lipinski definition) is 1. The molecule has 0 saturated heterocycles. The second-order valence-electron chi connectivity index (χ2n) is 4.63. The molecule has 6 heteroatoms. The zero-order valence-corrected chi connectivity index (χ0v) is 11.5. The Balaban J connectivity index is 2.28. The van der Waals surface area contributed by atoms with E-state index in [9.17, 15) is 13.2 Å². The fraction of sp³-hybridized carbons (Fsp3) is 0.462. The molecular weight excluding hydrogens is 266 g/mol. The monoisotopic (exact) mass is 283 g/mol. The van der Waals surface area contributed by atoms with Gasteiger partial charge in [0, 0.05) is 6.54 Å². The van der Waals surface area contributed by atoms with Crippen molar-refractivity contribution in [1.82, 2.24) is 0 Å². The molecule has 0 spiro atoms.